The lowest BCUT2D eigenvalue weighted by atomic mass is 10.1. The van der Waals surface area contributed by atoms with Crippen molar-refractivity contribution in [2.24, 2.45) is 0 Å². The van der Waals surface area contributed by atoms with Crippen LogP contribution in [0.3, 0.4) is 0 Å². The summed E-state index contributed by atoms with van der Waals surface area (Å²) < 4.78 is 5.12. The molecule has 0 aromatic heterocycles. The third kappa shape index (κ3) is 2.82. The number of hydrogen-bond donors (Lipinski definition) is 1. The Morgan fingerprint density at radius 3 is 2.72 bits per heavy atom. The summed E-state index contributed by atoms with van der Waals surface area (Å²) in [5, 5.41) is 0. The highest BCUT2D eigenvalue weighted by Crippen LogP contribution is 2.30. The molecule has 1 unspecified atom stereocenters. The molecule has 1 amide bonds. The highest BCUT2D eigenvalue weighted by atomic mass is 16.5. The van der Waals surface area contributed by atoms with Crippen molar-refractivity contribution in [3.05, 3.63) is 29.8 Å². The number of para-hydroxylation sites is 1. The van der Waals surface area contributed by atoms with E-state index in [0.29, 0.717) is 12.6 Å². The number of nitrogens with zero attached hydrogens (tertiary/aromatic N) is 1. The van der Waals surface area contributed by atoms with Crippen LogP contribution in [-0.2, 0) is 16.1 Å². The van der Waals surface area contributed by atoms with Gasteiger partial charge in [-0.25, -0.2) is 0 Å². The number of ether oxygens (including phenoxy) is 1. The lowest BCUT2D eigenvalue weighted by Crippen LogP contribution is -2.39. The molecule has 4 heteroatoms. The van der Waals surface area contributed by atoms with Crippen LogP contribution in [0.2, 0.25) is 0 Å². The zero-order valence-electron chi connectivity index (χ0n) is 10.9. The van der Waals surface area contributed by atoms with Crippen molar-refractivity contribution < 1.29 is 9.53 Å². The molecule has 1 aliphatic carbocycles. The molecule has 1 aromatic carbocycles. The monoisotopic (exact) mass is 248 g/mol. The van der Waals surface area contributed by atoms with Crippen molar-refractivity contribution in [1.82, 2.24) is 4.90 Å². The van der Waals surface area contributed by atoms with Gasteiger partial charge < -0.3 is 15.4 Å². The lowest BCUT2D eigenvalue weighted by molar-refractivity contribution is -0.142. The Morgan fingerprint density at radius 2 is 2.17 bits per heavy atom. The van der Waals surface area contributed by atoms with Gasteiger partial charge in [0.2, 0.25) is 0 Å². The van der Waals surface area contributed by atoms with Gasteiger partial charge >= 0.3 is 0 Å². The fourth-order valence-corrected chi connectivity index (χ4v) is 1.97. The summed E-state index contributed by atoms with van der Waals surface area (Å²) in [7, 11) is 1.56. The van der Waals surface area contributed by atoms with Gasteiger partial charge in [-0.15, -0.1) is 0 Å². The van der Waals surface area contributed by atoms with Crippen LogP contribution in [0.1, 0.15) is 25.3 Å². The van der Waals surface area contributed by atoms with Gasteiger partial charge in [-0.1, -0.05) is 18.2 Å². The van der Waals surface area contributed by atoms with Crippen molar-refractivity contribution in [1.29, 1.82) is 0 Å². The van der Waals surface area contributed by atoms with E-state index in [9.17, 15) is 4.79 Å². The minimum Gasteiger partial charge on any atom is -0.398 e. The van der Waals surface area contributed by atoms with Crippen LogP contribution in [0.5, 0.6) is 0 Å². The van der Waals surface area contributed by atoms with E-state index in [1.165, 1.54) is 0 Å². The van der Waals surface area contributed by atoms with Crippen LogP contribution in [-0.4, -0.2) is 30.1 Å². The molecule has 0 aliphatic heterocycles. The molecule has 2 N–H and O–H groups in total. The first kappa shape index (κ1) is 12.9. The predicted molar refractivity (Wildman–Crippen MR) is 70.9 cm³/mol. The van der Waals surface area contributed by atoms with Gasteiger partial charge in [-0.3, -0.25) is 4.79 Å². The third-order valence-electron chi connectivity index (χ3n) is 3.37. The number of carbonyl (C=O) groups is 1. The SMILES string of the molecule is COC(C)C(=O)N(Cc1ccccc1N)C1CC1. The largest absolute Gasteiger partial charge is 0.398 e. The second-order valence-corrected chi connectivity index (χ2v) is 4.77. The van der Waals surface area contributed by atoms with Crippen molar-refractivity contribution in [2.45, 2.75) is 38.5 Å². The summed E-state index contributed by atoms with van der Waals surface area (Å²) in [6.45, 7) is 2.36. The first-order valence-corrected chi connectivity index (χ1v) is 6.30. The molecule has 18 heavy (non-hydrogen) atoms. The van der Waals surface area contributed by atoms with Crippen molar-refractivity contribution in [2.75, 3.05) is 12.8 Å². The summed E-state index contributed by atoms with van der Waals surface area (Å²) in [6.07, 6.45) is 1.76. The van der Waals surface area contributed by atoms with Crippen LogP contribution < -0.4 is 5.73 Å². The van der Waals surface area contributed by atoms with E-state index in [2.05, 4.69) is 0 Å². The molecular formula is C14H20N2O2. The summed E-state index contributed by atoms with van der Waals surface area (Å²) in [5.74, 6) is 0.0447. The molecule has 0 radical (unpaired) electrons. The standard InChI is InChI=1S/C14H20N2O2/c1-10(18-2)14(17)16(12-7-8-12)9-11-5-3-4-6-13(11)15/h3-6,10,12H,7-9,15H2,1-2H3. The fourth-order valence-electron chi connectivity index (χ4n) is 1.97. The molecule has 2 rings (SSSR count). The number of rotatable bonds is 5. The molecule has 1 saturated carbocycles. The van der Waals surface area contributed by atoms with Crippen molar-refractivity contribution >= 4 is 11.6 Å². The number of nitrogens with two attached hydrogens (primary N) is 1. The van der Waals surface area contributed by atoms with E-state index in [-0.39, 0.29) is 5.91 Å². The molecule has 0 bridgehead atoms. The Balaban J connectivity index is 2.12. The Bertz CT molecular complexity index is 430. The number of carbonyl (C=O) groups excluding carboxylic acids is 1. The van der Waals surface area contributed by atoms with Gasteiger partial charge in [-0.2, -0.15) is 0 Å². The minimum atomic E-state index is -0.393. The van der Waals surface area contributed by atoms with Crippen LogP contribution >= 0.6 is 0 Å². The zero-order chi connectivity index (χ0) is 13.1. The first-order chi connectivity index (χ1) is 8.63. The molecule has 0 saturated heterocycles. The second-order valence-electron chi connectivity index (χ2n) is 4.77. The van der Waals surface area contributed by atoms with Crippen molar-refractivity contribution in [3.63, 3.8) is 0 Å². The minimum absolute atomic E-state index is 0.0447. The summed E-state index contributed by atoms with van der Waals surface area (Å²) in [4.78, 5) is 14.1. The second kappa shape index (κ2) is 5.40. The van der Waals surface area contributed by atoms with E-state index in [0.717, 1.165) is 24.1 Å². The normalized spacial score (nSPS) is 16.3. The smallest absolute Gasteiger partial charge is 0.251 e. The van der Waals surface area contributed by atoms with Gasteiger partial charge in [0.05, 0.1) is 0 Å². The molecule has 1 fully saturated rings. The fraction of sp³-hybridized carbons (Fsp3) is 0.500. The van der Waals surface area contributed by atoms with Crippen molar-refractivity contribution in [3.8, 4) is 0 Å². The average molecular weight is 248 g/mol. The number of hydrogen-bond acceptors (Lipinski definition) is 3. The molecular weight excluding hydrogens is 228 g/mol. The molecule has 0 spiro atoms. The number of benzene rings is 1. The molecule has 1 atom stereocenters. The third-order valence-corrected chi connectivity index (χ3v) is 3.37. The Kier molecular flexibility index (Phi) is 3.87. The van der Waals surface area contributed by atoms with Crippen LogP contribution in [0, 0.1) is 0 Å². The highest BCUT2D eigenvalue weighted by Gasteiger charge is 2.34. The van der Waals surface area contributed by atoms with Crippen LogP contribution in [0.25, 0.3) is 0 Å². The topological polar surface area (TPSA) is 55.6 Å². The zero-order valence-corrected chi connectivity index (χ0v) is 10.9. The summed E-state index contributed by atoms with van der Waals surface area (Å²) in [5.41, 5.74) is 7.67. The Hall–Kier alpha value is -1.55. The molecule has 4 nitrogen and oxygen atoms in total. The van der Waals surface area contributed by atoms with Gasteiger partial charge in [0.25, 0.3) is 5.91 Å². The Labute approximate surface area is 108 Å². The number of amides is 1. The first-order valence-electron chi connectivity index (χ1n) is 6.30. The maximum absolute atomic E-state index is 12.2. The van der Waals surface area contributed by atoms with Gasteiger partial charge in [0, 0.05) is 25.4 Å². The molecule has 0 heterocycles. The molecule has 98 valence electrons. The van der Waals surface area contributed by atoms with Crippen LogP contribution in [0.15, 0.2) is 24.3 Å². The van der Waals surface area contributed by atoms with Gasteiger partial charge in [0.15, 0.2) is 0 Å². The van der Waals surface area contributed by atoms with E-state index in [1.54, 1.807) is 14.0 Å². The number of anilines is 1. The Morgan fingerprint density at radius 1 is 1.50 bits per heavy atom. The number of methoxy groups -OCH3 is 1. The summed E-state index contributed by atoms with van der Waals surface area (Å²) in [6, 6.07) is 8.04. The van der Waals surface area contributed by atoms with E-state index in [1.807, 2.05) is 29.2 Å². The van der Waals surface area contributed by atoms with Crippen LogP contribution in [0.4, 0.5) is 5.69 Å². The predicted octanol–water partition coefficient (Wildman–Crippen LogP) is 1.79. The lowest BCUT2D eigenvalue weighted by Gasteiger charge is -2.25. The molecule has 1 aromatic rings. The van der Waals surface area contributed by atoms with E-state index in [4.69, 9.17) is 10.5 Å². The van der Waals surface area contributed by atoms with E-state index < -0.39 is 6.10 Å². The average Bonchev–Trinajstić information content (AvgIpc) is 3.20. The van der Waals surface area contributed by atoms with E-state index >= 15 is 0 Å². The highest BCUT2D eigenvalue weighted by molar-refractivity contribution is 5.81. The summed E-state index contributed by atoms with van der Waals surface area (Å²) >= 11 is 0. The quantitative estimate of drug-likeness (QED) is 0.808. The molecule has 1 aliphatic rings. The maximum Gasteiger partial charge on any atom is 0.251 e. The van der Waals surface area contributed by atoms with Gasteiger partial charge in [0.1, 0.15) is 6.10 Å². The van der Waals surface area contributed by atoms with Gasteiger partial charge in [-0.05, 0) is 31.4 Å². The maximum atomic E-state index is 12.2. The number of nitrogen functional groups attached to an aromatic ring is 1.